The maximum atomic E-state index is 14.2. The van der Waals surface area contributed by atoms with Crippen LogP contribution >= 0.6 is 0 Å². The van der Waals surface area contributed by atoms with Gasteiger partial charge in [0.05, 0.1) is 53.0 Å². The molecule has 24 N–H and O–H groups in total. The van der Waals surface area contributed by atoms with E-state index in [0.29, 0.717) is 28.3 Å². The first-order valence-corrected chi connectivity index (χ1v) is 32.4. The molecule has 9 unspecified atom stereocenters. The summed E-state index contributed by atoms with van der Waals surface area (Å²) in [5.74, 6) is -10.5. The van der Waals surface area contributed by atoms with Gasteiger partial charge in [0.15, 0.2) is 47.0 Å². The lowest BCUT2D eigenvalue weighted by atomic mass is 9.90. The van der Waals surface area contributed by atoms with Gasteiger partial charge >= 0.3 is 0 Å². The predicted octanol–water partition coefficient (Wildman–Crippen LogP) is 2.63. The van der Waals surface area contributed by atoms with E-state index in [1.807, 2.05) is 48.5 Å². The zero-order valence-corrected chi connectivity index (χ0v) is 55.8. The molecule has 4 rings (SSSR count). The molecule has 0 saturated carbocycles. The number of aliphatic imine (C=N–C) groups is 4. The lowest BCUT2D eigenvalue weighted by molar-refractivity contribution is -0.135. The number of hydrogen-bond donors (Lipinski definition) is 14. The fourth-order valence-electron chi connectivity index (χ4n) is 10.0. The first-order chi connectivity index (χ1) is 46.7. The van der Waals surface area contributed by atoms with Crippen molar-refractivity contribution in [2.24, 2.45) is 121 Å². The molecule has 9 atom stereocenters. The fraction of sp³-hybridized carbons (Fsp3) is 0.448. The third kappa shape index (κ3) is 31.1. The van der Waals surface area contributed by atoms with Crippen LogP contribution in [-0.4, -0.2) is 133 Å². The van der Waals surface area contributed by atoms with Crippen molar-refractivity contribution in [2.45, 2.75) is 141 Å². The number of rotatable bonds is 45. The van der Waals surface area contributed by atoms with Gasteiger partial charge in [-0.1, -0.05) is 81.4 Å². The quantitative estimate of drug-likeness (QED) is 0.0131. The van der Waals surface area contributed by atoms with Gasteiger partial charge in [-0.05, 0) is 124 Å². The molecular formula is C67H96N22O9. The highest BCUT2D eigenvalue weighted by molar-refractivity contribution is 5.98. The van der Waals surface area contributed by atoms with Crippen molar-refractivity contribution in [3.05, 3.63) is 120 Å². The number of Topliss-reactive ketones (excluding diaryl/α,β-unsaturated/α-hetero) is 4. The van der Waals surface area contributed by atoms with Crippen molar-refractivity contribution in [1.29, 1.82) is 0 Å². The van der Waals surface area contributed by atoms with Gasteiger partial charge in [-0.2, -0.15) is 20.5 Å². The van der Waals surface area contributed by atoms with E-state index in [1.165, 1.54) is 20.8 Å². The zero-order valence-electron chi connectivity index (χ0n) is 55.8. The average Bonchev–Trinajstić information content (AvgIpc) is 0.887. The van der Waals surface area contributed by atoms with E-state index in [1.54, 1.807) is 60.7 Å². The molecule has 0 radical (unpaired) electrons. The number of benzene rings is 4. The van der Waals surface area contributed by atoms with Crippen LogP contribution in [-0.2, 0) is 56.0 Å². The summed E-state index contributed by atoms with van der Waals surface area (Å²) >= 11 is 0. The number of nitrogens with two attached hydrogens (primary N) is 10. The van der Waals surface area contributed by atoms with Crippen molar-refractivity contribution < 1.29 is 43.2 Å². The molecule has 5 amide bonds. The Bertz CT molecular complexity index is 3440. The number of primary amides is 1. The molecule has 0 heterocycles. The highest BCUT2D eigenvalue weighted by atomic mass is 16.2. The van der Waals surface area contributed by atoms with Gasteiger partial charge in [0.25, 0.3) is 0 Å². The number of nitrogens with one attached hydrogen (secondary N) is 4. The van der Waals surface area contributed by atoms with Crippen LogP contribution in [0.4, 0.5) is 22.7 Å². The van der Waals surface area contributed by atoms with Gasteiger partial charge in [-0.15, -0.1) is 0 Å². The lowest BCUT2D eigenvalue weighted by Gasteiger charge is -2.25. The van der Waals surface area contributed by atoms with Crippen molar-refractivity contribution in [3.8, 4) is 0 Å². The summed E-state index contributed by atoms with van der Waals surface area (Å²) in [7, 11) is 0. The predicted molar refractivity (Wildman–Crippen MR) is 376 cm³/mol. The van der Waals surface area contributed by atoms with Crippen molar-refractivity contribution in [3.63, 3.8) is 0 Å². The third-order valence-corrected chi connectivity index (χ3v) is 15.5. The third-order valence-electron chi connectivity index (χ3n) is 15.5. The Morgan fingerprint density at radius 1 is 0.347 bits per heavy atom. The Morgan fingerprint density at radius 2 is 0.612 bits per heavy atom. The molecule has 31 heteroatoms. The van der Waals surface area contributed by atoms with Crippen LogP contribution in [0, 0.1) is 23.7 Å². The number of ketones is 4. The SMILES string of the molecule is CC(CC(=O)C(CCCN=C(N)N)NC(=O)C(C)CC(=O)C(CCCN=C(N)N)NC(=O)C(N)Cc1ccc(N=Nc2ccccc2)cc1)C(=O)NC(CCCN=C(N)N)C(=O)CC(C)C(=O)NC(CCCN=C(N)N)C(=O)CC(Cc1ccc(N=Nc2ccccc2)cc1)C(N)=O. The normalized spacial score (nSPS) is 13.9. The fourth-order valence-corrected chi connectivity index (χ4v) is 10.0. The summed E-state index contributed by atoms with van der Waals surface area (Å²) in [6.07, 6.45) is -0.288. The highest BCUT2D eigenvalue weighted by Crippen LogP contribution is 2.24. The summed E-state index contributed by atoms with van der Waals surface area (Å²) in [6.45, 7) is 4.81. The molecule has 31 nitrogen and oxygen atoms in total. The molecule has 0 spiro atoms. The minimum Gasteiger partial charge on any atom is -0.370 e. The smallest absolute Gasteiger partial charge is 0.237 e. The number of carbonyl (C=O) groups is 9. The van der Waals surface area contributed by atoms with Gasteiger partial charge in [-0.3, -0.25) is 63.1 Å². The van der Waals surface area contributed by atoms with E-state index in [0.717, 1.165) is 5.56 Å². The molecule has 98 heavy (non-hydrogen) atoms. The summed E-state index contributed by atoms with van der Waals surface area (Å²) in [5.41, 5.74) is 60.4. The Morgan fingerprint density at radius 3 is 0.898 bits per heavy atom. The molecule has 0 aliphatic heterocycles. The molecule has 0 fully saturated rings. The molecular weight excluding hydrogens is 1260 g/mol. The van der Waals surface area contributed by atoms with Crippen molar-refractivity contribution >= 4 is 99.3 Å². The first-order valence-electron chi connectivity index (χ1n) is 32.4. The molecule has 4 aromatic carbocycles. The molecule has 0 bridgehead atoms. The molecule has 0 aliphatic carbocycles. The van der Waals surface area contributed by atoms with Gasteiger partial charge < -0.3 is 78.6 Å². The monoisotopic (exact) mass is 1350 g/mol. The zero-order chi connectivity index (χ0) is 72.1. The number of nitrogens with zero attached hydrogens (tertiary/aromatic N) is 8. The highest BCUT2D eigenvalue weighted by Gasteiger charge is 2.34. The minimum absolute atomic E-state index is 0.00406. The molecule has 0 aliphatic rings. The van der Waals surface area contributed by atoms with Crippen LogP contribution in [0.1, 0.15) is 109 Å². The maximum Gasteiger partial charge on any atom is 0.237 e. The second-order valence-corrected chi connectivity index (χ2v) is 23.9. The second-order valence-electron chi connectivity index (χ2n) is 23.9. The average molecular weight is 1350 g/mol. The minimum atomic E-state index is -1.22. The van der Waals surface area contributed by atoms with Crippen LogP contribution < -0.4 is 78.6 Å². The lowest BCUT2D eigenvalue weighted by Crippen LogP contribution is -2.50. The standard InChI is InChI=1S/C67H96N22O9/c1-40(34-55(90)51(18-10-30-78-64(70)71)83-61(96)42(3)36-57(92)53(20-12-32-80-66(74)75)85-63(98)50(68)38-44-24-28-49(29-25-44)89-87-47-16-8-5-9-17-47)60(95)82-52(19-11-31-79-65(72)73)56(91)35-41(2)62(97)84-54(21-13-33-81-67(76)77)58(93)39-45(59(69)94)37-43-22-26-48(27-23-43)88-86-46-14-6-4-7-15-46/h4-9,14-17,22-29,40-42,45,50-54H,10-13,18-21,30-39,68H2,1-3H3,(H2,69,94)(H,82,95)(H,83,96)(H,84,97)(H,85,98)(H4,70,71,78)(H4,72,73,79)(H4,74,75,80)(H4,76,77,81). The summed E-state index contributed by atoms with van der Waals surface area (Å²) in [4.78, 5) is 141. The Labute approximate surface area is 570 Å². The van der Waals surface area contributed by atoms with Crippen LogP contribution in [0.25, 0.3) is 0 Å². The van der Waals surface area contributed by atoms with Crippen LogP contribution in [0.2, 0.25) is 0 Å². The van der Waals surface area contributed by atoms with E-state index in [4.69, 9.17) is 57.3 Å². The molecule has 0 saturated heterocycles. The van der Waals surface area contributed by atoms with E-state index in [9.17, 15) is 43.2 Å². The number of carbonyl (C=O) groups excluding carboxylic acids is 9. The molecule has 528 valence electrons. The Kier molecular flexibility index (Phi) is 34.6. The maximum absolute atomic E-state index is 14.2. The van der Waals surface area contributed by atoms with Gasteiger partial charge in [0, 0.05) is 75.5 Å². The van der Waals surface area contributed by atoms with Crippen LogP contribution in [0.15, 0.2) is 150 Å². The van der Waals surface area contributed by atoms with Gasteiger partial charge in [0.1, 0.15) is 0 Å². The topological polar surface area (TPSA) is 561 Å². The first kappa shape index (κ1) is 79.6. The Balaban J connectivity index is 1.44. The summed E-state index contributed by atoms with van der Waals surface area (Å²) in [5, 5.41) is 27.9. The Hall–Kier alpha value is -10.9. The van der Waals surface area contributed by atoms with Gasteiger partial charge in [-0.25, -0.2) is 0 Å². The van der Waals surface area contributed by atoms with Gasteiger partial charge in [0.2, 0.25) is 29.5 Å². The van der Waals surface area contributed by atoms with Crippen LogP contribution in [0.5, 0.6) is 0 Å². The summed E-state index contributed by atoms with van der Waals surface area (Å²) < 4.78 is 0. The number of amides is 5. The van der Waals surface area contributed by atoms with Crippen molar-refractivity contribution in [2.75, 3.05) is 26.2 Å². The van der Waals surface area contributed by atoms with E-state index < -0.39 is 119 Å². The van der Waals surface area contributed by atoms with E-state index in [-0.39, 0.29) is 127 Å². The summed E-state index contributed by atoms with van der Waals surface area (Å²) in [6, 6.07) is 26.5. The largest absolute Gasteiger partial charge is 0.370 e. The van der Waals surface area contributed by atoms with Crippen molar-refractivity contribution in [1.82, 2.24) is 21.3 Å². The van der Waals surface area contributed by atoms with E-state index in [2.05, 4.69) is 61.7 Å². The number of guanidine groups is 4. The van der Waals surface area contributed by atoms with Crippen LogP contribution in [0.3, 0.4) is 0 Å². The second kappa shape index (κ2) is 42.6. The molecule has 0 aromatic heterocycles. The van der Waals surface area contributed by atoms with E-state index >= 15 is 0 Å². The molecule has 4 aromatic rings. The number of hydrogen-bond acceptors (Lipinski definition) is 18. The number of azo groups is 2.